The maximum Gasteiger partial charge on any atom is 0.316 e. The van der Waals surface area contributed by atoms with Gasteiger partial charge in [-0.25, -0.2) is 0 Å². The fourth-order valence-corrected chi connectivity index (χ4v) is 10.4. The van der Waals surface area contributed by atoms with E-state index in [4.69, 9.17) is 47.4 Å². The monoisotopic (exact) mass is 858 g/mol. The first-order valence-electron chi connectivity index (χ1n) is 22.3. The van der Waals surface area contributed by atoms with Gasteiger partial charge in [-0.2, -0.15) is 0 Å². The Balaban J connectivity index is 1.18. The molecule has 6 aliphatic heterocycles. The molecule has 0 saturated carbocycles. The van der Waals surface area contributed by atoms with Gasteiger partial charge >= 0.3 is 5.97 Å². The molecule has 0 aromatic rings. The molecule has 1 unspecified atom stereocenters. The molecule has 3 N–H and O–H groups in total. The lowest BCUT2D eigenvalue weighted by Gasteiger charge is -2.48. The van der Waals surface area contributed by atoms with Crippen molar-refractivity contribution >= 4 is 5.97 Å². The van der Waals surface area contributed by atoms with Crippen molar-refractivity contribution in [2.45, 2.75) is 185 Å². The number of ether oxygens (including phenoxy) is 10. The lowest BCUT2D eigenvalue weighted by atomic mass is 9.71. The Morgan fingerprint density at radius 1 is 0.852 bits per heavy atom. The van der Waals surface area contributed by atoms with Crippen LogP contribution in [0, 0.1) is 23.7 Å². The summed E-state index contributed by atoms with van der Waals surface area (Å²) in [6, 6.07) is 0. The molecule has 7 aliphatic rings. The van der Waals surface area contributed by atoms with Gasteiger partial charge in [-0.1, -0.05) is 64.2 Å². The number of allylic oxidation sites excluding steroid dienone is 2. The Morgan fingerprint density at radius 3 is 2.28 bits per heavy atom. The largest absolute Gasteiger partial charge is 0.462 e. The van der Waals surface area contributed by atoms with Gasteiger partial charge in [0.1, 0.15) is 42.0 Å². The van der Waals surface area contributed by atoms with Crippen molar-refractivity contribution in [1.29, 1.82) is 0 Å². The molecule has 7 rings (SSSR count). The molecule has 14 heteroatoms. The second-order valence-electron chi connectivity index (χ2n) is 18.8. The SMILES string of the molecule is CO[C@H]1C[C@H](O[C@H]2[C@H](C)O[C@@H](O[C@@H]3C(C)=CC[C@@H]4C[C@@H](C[C@]5(C=C[C@H](C)C(C(C)C)O5)O4)OC(=O)[C@@H]4C=C(C)[C@@H](O)[C@H]5OCC(=CC=C[C@@H]3C)[C@]54O)C[C@@H]2OC)O[C@@H](C)[C@@H]1O. The second-order valence-corrected chi connectivity index (χ2v) is 18.8. The van der Waals surface area contributed by atoms with E-state index in [1.165, 1.54) is 0 Å². The molecule has 0 aromatic heterocycles. The van der Waals surface area contributed by atoms with Crippen LogP contribution in [0.15, 0.2) is 59.3 Å². The minimum absolute atomic E-state index is 0.0313. The maximum absolute atomic E-state index is 14.3. The number of aliphatic hydroxyl groups excluding tert-OH is 2. The first-order valence-corrected chi connectivity index (χ1v) is 22.3. The van der Waals surface area contributed by atoms with Crippen LogP contribution < -0.4 is 0 Å². The first-order chi connectivity index (χ1) is 29.0. The van der Waals surface area contributed by atoms with Crippen molar-refractivity contribution in [1.82, 2.24) is 0 Å². The number of esters is 1. The van der Waals surface area contributed by atoms with E-state index in [2.05, 4.69) is 39.8 Å². The van der Waals surface area contributed by atoms with Gasteiger partial charge in [0.2, 0.25) is 0 Å². The van der Waals surface area contributed by atoms with Gasteiger partial charge in [-0.3, -0.25) is 4.79 Å². The number of aliphatic hydroxyl groups is 3. The van der Waals surface area contributed by atoms with Crippen LogP contribution in [0.5, 0.6) is 0 Å². The highest BCUT2D eigenvalue weighted by atomic mass is 16.7. The van der Waals surface area contributed by atoms with Crippen LogP contribution in [0.4, 0.5) is 0 Å². The highest BCUT2D eigenvalue weighted by molar-refractivity contribution is 5.78. The second kappa shape index (κ2) is 19.0. The van der Waals surface area contributed by atoms with Crippen molar-refractivity contribution in [3.05, 3.63) is 59.3 Å². The van der Waals surface area contributed by atoms with Gasteiger partial charge in [0.25, 0.3) is 0 Å². The summed E-state index contributed by atoms with van der Waals surface area (Å²) >= 11 is 0. The summed E-state index contributed by atoms with van der Waals surface area (Å²) in [6.07, 6.45) is 7.54. The van der Waals surface area contributed by atoms with Crippen molar-refractivity contribution in [3.8, 4) is 0 Å². The Bertz CT molecular complexity index is 1710. The molecule has 0 radical (unpaired) electrons. The lowest BCUT2D eigenvalue weighted by molar-refractivity contribution is -0.318. The molecule has 14 nitrogen and oxygen atoms in total. The summed E-state index contributed by atoms with van der Waals surface area (Å²) in [5, 5.41) is 34.2. The summed E-state index contributed by atoms with van der Waals surface area (Å²) in [5.74, 6) is -2.62. The van der Waals surface area contributed by atoms with Gasteiger partial charge in [0, 0.05) is 51.7 Å². The smallest absolute Gasteiger partial charge is 0.316 e. The van der Waals surface area contributed by atoms with Crippen LogP contribution in [0.2, 0.25) is 0 Å². The van der Waals surface area contributed by atoms with E-state index in [0.717, 1.165) is 5.57 Å². The van der Waals surface area contributed by atoms with E-state index in [1.54, 1.807) is 40.2 Å². The molecule has 0 aromatic carbocycles. The normalized spacial score (nSPS) is 47.1. The van der Waals surface area contributed by atoms with Crippen LogP contribution >= 0.6 is 0 Å². The fraction of sp³-hybridized carbons (Fsp3) is 0.766. The van der Waals surface area contributed by atoms with Crippen LogP contribution in [0.25, 0.3) is 0 Å². The van der Waals surface area contributed by atoms with Gasteiger partial charge in [0.15, 0.2) is 18.4 Å². The highest BCUT2D eigenvalue weighted by Crippen LogP contribution is 2.47. The van der Waals surface area contributed by atoms with E-state index in [1.807, 2.05) is 32.1 Å². The van der Waals surface area contributed by atoms with Gasteiger partial charge < -0.3 is 62.7 Å². The molecular formula is C47H70O14. The first kappa shape index (κ1) is 46.7. The van der Waals surface area contributed by atoms with Gasteiger partial charge in [0.05, 0.1) is 49.3 Å². The third-order valence-electron chi connectivity index (χ3n) is 14.0. The molecule has 1 spiro atoms. The van der Waals surface area contributed by atoms with E-state index in [9.17, 15) is 20.1 Å². The zero-order valence-electron chi connectivity index (χ0n) is 37.5. The number of methoxy groups -OCH3 is 2. The van der Waals surface area contributed by atoms with Crippen LogP contribution in [0.1, 0.15) is 87.5 Å². The maximum atomic E-state index is 14.3. The van der Waals surface area contributed by atoms with E-state index < -0.39 is 90.8 Å². The quantitative estimate of drug-likeness (QED) is 0.231. The molecule has 0 amide bonds. The molecule has 6 heterocycles. The van der Waals surface area contributed by atoms with Crippen LogP contribution in [-0.2, 0) is 52.2 Å². The zero-order valence-corrected chi connectivity index (χ0v) is 37.5. The summed E-state index contributed by atoms with van der Waals surface area (Å²) in [5.41, 5.74) is 0.129. The summed E-state index contributed by atoms with van der Waals surface area (Å²) in [4.78, 5) is 14.3. The molecule has 2 bridgehead atoms. The van der Waals surface area contributed by atoms with E-state index in [-0.39, 0.29) is 42.7 Å². The van der Waals surface area contributed by atoms with Crippen LogP contribution in [0.3, 0.4) is 0 Å². The minimum Gasteiger partial charge on any atom is -0.462 e. The van der Waals surface area contributed by atoms with E-state index in [0.29, 0.717) is 43.3 Å². The summed E-state index contributed by atoms with van der Waals surface area (Å²) in [6.45, 7) is 16.0. The van der Waals surface area contributed by atoms with Crippen LogP contribution in [-0.4, -0.2) is 139 Å². The fourth-order valence-electron chi connectivity index (χ4n) is 10.4. The molecular weight excluding hydrogens is 789 g/mol. The van der Waals surface area contributed by atoms with E-state index >= 15 is 0 Å². The van der Waals surface area contributed by atoms with Gasteiger partial charge in [-0.15, -0.1) is 0 Å². The number of carbonyl (C=O) groups is 1. The number of hydrogen-bond donors (Lipinski definition) is 3. The zero-order chi connectivity index (χ0) is 44.0. The topological polar surface area (TPSA) is 170 Å². The summed E-state index contributed by atoms with van der Waals surface area (Å²) < 4.78 is 63.5. The molecule has 342 valence electrons. The van der Waals surface area contributed by atoms with Crippen molar-refractivity contribution in [2.75, 3.05) is 20.8 Å². The molecule has 19 atom stereocenters. The Kier molecular flexibility index (Phi) is 14.6. The number of rotatable bonds is 7. The Labute approximate surface area is 361 Å². The average Bonchev–Trinajstić information content (AvgIpc) is 3.56. The third-order valence-corrected chi connectivity index (χ3v) is 14.0. The summed E-state index contributed by atoms with van der Waals surface area (Å²) in [7, 11) is 3.22. The predicted molar refractivity (Wildman–Crippen MR) is 223 cm³/mol. The Morgan fingerprint density at radius 2 is 1.56 bits per heavy atom. The average molecular weight is 859 g/mol. The Hall–Kier alpha value is -2.31. The third kappa shape index (κ3) is 9.58. The number of hydrogen-bond acceptors (Lipinski definition) is 14. The molecule has 4 saturated heterocycles. The molecule has 61 heavy (non-hydrogen) atoms. The van der Waals surface area contributed by atoms with Gasteiger partial charge in [-0.05, 0) is 62.8 Å². The van der Waals surface area contributed by atoms with Crippen molar-refractivity contribution < 1.29 is 67.5 Å². The number of carbonyl (C=O) groups excluding carboxylic acids is 1. The minimum atomic E-state index is -1.83. The highest BCUT2D eigenvalue weighted by Gasteiger charge is 2.60. The van der Waals surface area contributed by atoms with Crippen molar-refractivity contribution in [2.24, 2.45) is 23.7 Å². The van der Waals surface area contributed by atoms with Crippen molar-refractivity contribution in [3.63, 3.8) is 0 Å². The predicted octanol–water partition coefficient (Wildman–Crippen LogP) is 4.99. The lowest BCUT2D eigenvalue weighted by Crippen LogP contribution is -2.58. The standard InChI is InChI=1S/C47H70O14/c1-24(2)41-27(5)16-17-46(61-41)22-33-19-32(60-46)15-14-26(4)42(25(3)12-11-13-31-23-54-44-39(48)28(6)18-34(45(50)57-33)47(31,44)51)58-38-21-36(53-10)43(30(8)56-38)59-37-20-35(52-9)40(49)29(7)55-37/h11-14,16-18,24-25,27,29-30,32-44,48-49,51H,15,19-23H2,1-10H3/t25-,27-,29-,30-,32+,33-,34-,35-,36-,37-,38-,39+,40-,41?,42-,43-,44+,46+,47+/m0/s1. The number of fused-ring (bicyclic) bond motifs is 2. The molecule has 4 fully saturated rings. The molecule has 1 aliphatic carbocycles.